The summed E-state index contributed by atoms with van der Waals surface area (Å²) in [5.41, 5.74) is 1.93. The minimum Gasteiger partial charge on any atom is -0.493 e. The fraction of sp³-hybridized carbons (Fsp3) is 0.357. The van der Waals surface area contributed by atoms with Crippen molar-refractivity contribution in [3.05, 3.63) is 35.4 Å². The third-order valence-corrected chi connectivity index (χ3v) is 2.28. The molecule has 3 nitrogen and oxygen atoms in total. The Morgan fingerprint density at radius 1 is 1.18 bits per heavy atom. The molecule has 3 heteroatoms. The van der Waals surface area contributed by atoms with Gasteiger partial charge in [0.05, 0.1) is 14.2 Å². The number of carbonyl (C=O) groups excluding carboxylic acids is 1. The second-order valence-corrected chi connectivity index (χ2v) is 4.05. The molecule has 0 atom stereocenters. The summed E-state index contributed by atoms with van der Waals surface area (Å²) in [7, 11) is 3.17. The number of ether oxygens (including phenoxy) is 2. The predicted molar refractivity (Wildman–Crippen MR) is 67.7 cm³/mol. The van der Waals surface area contributed by atoms with Crippen LogP contribution >= 0.6 is 0 Å². The van der Waals surface area contributed by atoms with Gasteiger partial charge in [0.15, 0.2) is 17.3 Å². The molecule has 0 radical (unpaired) electrons. The monoisotopic (exact) mass is 234 g/mol. The topological polar surface area (TPSA) is 35.5 Å². The first-order valence-electron chi connectivity index (χ1n) is 5.45. The molecular formula is C14H18O3. The van der Waals surface area contributed by atoms with Crippen LogP contribution in [-0.2, 0) is 11.2 Å². The van der Waals surface area contributed by atoms with Gasteiger partial charge in [0, 0.05) is 6.42 Å². The first kappa shape index (κ1) is 13.3. The van der Waals surface area contributed by atoms with E-state index in [2.05, 4.69) is 0 Å². The van der Waals surface area contributed by atoms with Gasteiger partial charge in [0.25, 0.3) is 0 Å². The van der Waals surface area contributed by atoms with Crippen molar-refractivity contribution in [3.63, 3.8) is 0 Å². The second kappa shape index (κ2) is 6.09. The highest BCUT2D eigenvalue weighted by atomic mass is 16.5. The maximum atomic E-state index is 11.6. The molecule has 1 rings (SSSR count). The first-order chi connectivity index (χ1) is 8.06. The fourth-order valence-corrected chi connectivity index (χ4v) is 1.56. The Bertz CT molecular complexity index is 429. The van der Waals surface area contributed by atoms with Gasteiger partial charge >= 0.3 is 0 Å². The SMILES string of the molecule is COc1ccc(CC(=O)C=C(C)C)cc1OC. The van der Waals surface area contributed by atoms with Gasteiger partial charge in [-0.05, 0) is 37.6 Å². The zero-order valence-corrected chi connectivity index (χ0v) is 10.7. The second-order valence-electron chi connectivity index (χ2n) is 4.05. The minimum atomic E-state index is 0.0946. The smallest absolute Gasteiger partial charge is 0.161 e. The number of methoxy groups -OCH3 is 2. The lowest BCUT2D eigenvalue weighted by Crippen LogP contribution is -2.00. The van der Waals surface area contributed by atoms with Gasteiger partial charge in [-0.2, -0.15) is 0 Å². The molecule has 0 aromatic heterocycles. The van der Waals surface area contributed by atoms with Crippen molar-refractivity contribution in [2.45, 2.75) is 20.3 Å². The number of benzene rings is 1. The Morgan fingerprint density at radius 2 is 1.82 bits per heavy atom. The summed E-state index contributed by atoms with van der Waals surface area (Å²) in [5.74, 6) is 1.41. The van der Waals surface area contributed by atoms with Gasteiger partial charge in [0.1, 0.15) is 0 Å². The van der Waals surface area contributed by atoms with Crippen LogP contribution in [0.2, 0.25) is 0 Å². The van der Waals surface area contributed by atoms with E-state index in [1.165, 1.54) is 0 Å². The molecule has 0 heterocycles. The van der Waals surface area contributed by atoms with E-state index in [4.69, 9.17) is 9.47 Å². The number of hydrogen-bond acceptors (Lipinski definition) is 3. The lowest BCUT2D eigenvalue weighted by atomic mass is 10.1. The summed E-state index contributed by atoms with van der Waals surface area (Å²) in [6.45, 7) is 3.82. The van der Waals surface area contributed by atoms with Crippen LogP contribution < -0.4 is 9.47 Å². The van der Waals surface area contributed by atoms with Crippen LogP contribution in [0.1, 0.15) is 19.4 Å². The molecule has 1 aromatic rings. The summed E-state index contributed by atoms with van der Waals surface area (Å²) >= 11 is 0. The number of ketones is 1. The fourth-order valence-electron chi connectivity index (χ4n) is 1.56. The van der Waals surface area contributed by atoms with Gasteiger partial charge < -0.3 is 9.47 Å². The van der Waals surface area contributed by atoms with Crippen molar-refractivity contribution in [2.24, 2.45) is 0 Å². The van der Waals surface area contributed by atoms with Crippen molar-refractivity contribution in [1.82, 2.24) is 0 Å². The van der Waals surface area contributed by atoms with E-state index in [-0.39, 0.29) is 5.78 Å². The van der Waals surface area contributed by atoms with E-state index in [0.717, 1.165) is 11.1 Å². The number of allylic oxidation sites excluding steroid dienone is 2. The molecule has 17 heavy (non-hydrogen) atoms. The maximum Gasteiger partial charge on any atom is 0.161 e. The van der Waals surface area contributed by atoms with Crippen LogP contribution in [0.4, 0.5) is 0 Å². The summed E-state index contributed by atoms with van der Waals surface area (Å²) in [6.07, 6.45) is 2.03. The van der Waals surface area contributed by atoms with Crippen LogP contribution in [0.15, 0.2) is 29.8 Å². The minimum absolute atomic E-state index is 0.0946. The molecule has 1 aromatic carbocycles. The van der Waals surface area contributed by atoms with Crippen molar-refractivity contribution in [1.29, 1.82) is 0 Å². The highest BCUT2D eigenvalue weighted by molar-refractivity contribution is 5.92. The van der Waals surface area contributed by atoms with E-state index >= 15 is 0 Å². The zero-order valence-electron chi connectivity index (χ0n) is 10.7. The molecule has 0 amide bonds. The van der Waals surface area contributed by atoms with E-state index in [0.29, 0.717) is 17.9 Å². The van der Waals surface area contributed by atoms with Gasteiger partial charge in [-0.15, -0.1) is 0 Å². The predicted octanol–water partition coefficient (Wildman–Crippen LogP) is 2.78. The van der Waals surface area contributed by atoms with Gasteiger partial charge in [0.2, 0.25) is 0 Å². The molecule has 92 valence electrons. The summed E-state index contributed by atoms with van der Waals surface area (Å²) in [6, 6.07) is 5.51. The first-order valence-corrected chi connectivity index (χ1v) is 5.45. The lowest BCUT2D eigenvalue weighted by Gasteiger charge is -2.08. The highest BCUT2D eigenvalue weighted by Crippen LogP contribution is 2.27. The average Bonchev–Trinajstić information content (AvgIpc) is 2.27. The molecule has 0 saturated carbocycles. The number of rotatable bonds is 5. The maximum absolute atomic E-state index is 11.6. The Morgan fingerprint density at radius 3 is 2.35 bits per heavy atom. The molecule has 0 aliphatic heterocycles. The molecular weight excluding hydrogens is 216 g/mol. The van der Waals surface area contributed by atoms with Gasteiger partial charge in [-0.1, -0.05) is 11.6 Å². The number of carbonyl (C=O) groups is 1. The van der Waals surface area contributed by atoms with E-state index in [1.807, 2.05) is 32.0 Å². The van der Waals surface area contributed by atoms with Crippen molar-refractivity contribution < 1.29 is 14.3 Å². The van der Waals surface area contributed by atoms with Crippen molar-refractivity contribution in [2.75, 3.05) is 14.2 Å². The normalized spacial score (nSPS) is 9.65. The average molecular weight is 234 g/mol. The molecule has 0 spiro atoms. The van der Waals surface area contributed by atoms with Crippen LogP contribution in [0.25, 0.3) is 0 Å². The van der Waals surface area contributed by atoms with Gasteiger partial charge in [-0.3, -0.25) is 4.79 Å². The Labute approximate surface area is 102 Å². The Hall–Kier alpha value is -1.77. The van der Waals surface area contributed by atoms with Gasteiger partial charge in [-0.25, -0.2) is 0 Å². The number of hydrogen-bond donors (Lipinski definition) is 0. The molecule has 0 N–H and O–H groups in total. The Balaban J connectivity index is 2.86. The van der Waals surface area contributed by atoms with Crippen LogP contribution in [0.5, 0.6) is 11.5 Å². The zero-order chi connectivity index (χ0) is 12.8. The highest BCUT2D eigenvalue weighted by Gasteiger charge is 2.06. The lowest BCUT2D eigenvalue weighted by molar-refractivity contribution is -0.114. The summed E-state index contributed by atoms with van der Waals surface area (Å²) < 4.78 is 10.3. The van der Waals surface area contributed by atoms with E-state index < -0.39 is 0 Å². The standard InChI is InChI=1S/C14H18O3/c1-10(2)7-12(15)8-11-5-6-13(16-3)14(9-11)17-4/h5-7,9H,8H2,1-4H3. The van der Waals surface area contributed by atoms with E-state index in [1.54, 1.807) is 20.3 Å². The van der Waals surface area contributed by atoms with Crippen LogP contribution in [0.3, 0.4) is 0 Å². The van der Waals surface area contributed by atoms with Crippen LogP contribution in [0, 0.1) is 0 Å². The molecule has 0 bridgehead atoms. The molecule has 0 fully saturated rings. The Kier molecular flexibility index (Phi) is 4.76. The quantitative estimate of drug-likeness (QED) is 0.735. The summed E-state index contributed by atoms with van der Waals surface area (Å²) in [5, 5.41) is 0. The largest absolute Gasteiger partial charge is 0.493 e. The third-order valence-electron chi connectivity index (χ3n) is 2.28. The van der Waals surface area contributed by atoms with Crippen molar-refractivity contribution in [3.8, 4) is 11.5 Å². The third kappa shape index (κ3) is 3.94. The molecule has 0 saturated heterocycles. The summed E-state index contributed by atoms with van der Waals surface area (Å²) in [4.78, 5) is 11.6. The molecule has 0 unspecified atom stereocenters. The van der Waals surface area contributed by atoms with E-state index in [9.17, 15) is 4.79 Å². The van der Waals surface area contributed by atoms with Crippen molar-refractivity contribution >= 4 is 5.78 Å². The molecule has 0 aliphatic rings. The van der Waals surface area contributed by atoms with Crippen LogP contribution in [-0.4, -0.2) is 20.0 Å². The molecule has 0 aliphatic carbocycles.